The number of carbonyl (C=O) groups is 1. The average Bonchev–Trinajstić information content (AvgIpc) is 2.18. The third kappa shape index (κ3) is 3.55. The van der Waals surface area contributed by atoms with E-state index < -0.39 is 5.91 Å². The van der Waals surface area contributed by atoms with Crippen LogP contribution in [0.3, 0.4) is 0 Å². The number of nitrogens with two attached hydrogens (primary N) is 1. The Bertz CT molecular complexity index is 324. The van der Waals surface area contributed by atoms with Gasteiger partial charge >= 0.3 is 0 Å². The largest absolute Gasteiger partial charge is 0.396 e. The first kappa shape index (κ1) is 11.5. The maximum Gasteiger partial charge on any atom is 0.250 e. The fourth-order valence-electron chi connectivity index (χ4n) is 1.14. The number of aliphatic hydroxyl groups excluding tert-OH is 1. The molecule has 0 aliphatic rings. The molecular weight excluding hydrogens is 194 g/mol. The van der Waals surface area contributed by atoms with Gasteiger partial charge in [0.15, 0.2) is 0 Å². The van der Waals surface area contributed by atoms with E-state index >= 15 is 0 Å². The van der Waals surface area contributed by atoms with E-state index in [2.05, 4.69) is 10.3 Å². The fraction of sp³-hybridized carbons (Fsp3) is 0.400. The molecule has 0 saturated carbocycles. The zero-order valence-electron chi connectivity index (χ0n) is 8.60. The summed E-state index contributed by atoms with van der Waals surface area (Å²) in [5.41, 5.74) is 5.46. The first-order chi connectivity index (χ1) is 7.13. The molecule has 15 heavy (non-hydrogen) atoms. The van der Waals surface area contributed by atoms with Crippen molar-refractivity contribution >= 4 is 11.7 Å². The molecule has 1 aromatic heterocycles. The van der Waals surface area contributed by atoms with Gasteiger partial charge in [0.05, 0.1) is 5.56 Å². The maximum atomic E-state index is 10.8. The second kappa shape index (κ2) is 5.31. The number of aromatic nitrogens is 1. The van der Waals surface area contributed by atoms with Gasteiger partial charge in [-0.1, -0.05) is 0 Å². The summed E-state index contributed by atoms with van der Waals surface area (Å²) in [4.78, 5) is 14.8. The van der Waals surface area contributed by atoms with Gasteiger partial charge in [0.25, 0.3) is 0 Å². The highest BCUT2D eigenvalue weighted by atomic mass is 16.3. The first-order valence-electron chi connectivity index (χ1n) is 4.76. The molecule has 0 spiro atoms. The molecule has 1 amide bonds. The van der Waals surface area contributed by atoms with Crippen LogP contribution in [0.2, 0.25) is 0 Å². The van der Waals surface area contributed by atoms with Crippen molar-refractivity contribution in [1.82, 2.24) is 4.98 Å². The number of carbonyl (C=O) groups excluding carboxylic acids is 1. The molecule has 1 atom stereocenters. The monoisotopic (exact) mass is 209 g/mol. The topological polar surface area (TPSA) is 88.2 Å². The summed E-state index contributed by atoms with van der Waals surface area (Å²) in [6.45, 7) is 2.08. The molecule has 5 heteroatoms. The highest BCUT2D eigenvalue weighted by molar-refractivity contribution is 5.92. The SMILES string of the molecule is CC(CCO)Nc1ccc(C(N)=O)cn1. The Morgan fingerprint density at radius 3 is 2.87 bits per heavy atom. The number of rotatable bonds is 5. The molecule has 4 N–H and O–H groups in total. The van der Waals surface area contributed by atoms with Gasteiger partial charge in [-0.05, 0) is 25.5 Å². The Kier molecular flexibility index (Phi) is 4.05. The van der Waals surface area contributed by atoms with Gasteiger partial charge in [-0.25, -0.2) is 4.98 Å². The highest BCUT2D eigenvalue weighted by Gasteiger charge is 2.03. The van der Waals surface area contributed by atoms with Crippen LogP contribution in [0, 0.1) is 0 Å². The normalized spacial score (nSPS) is 12.1. The van der Waals surface area contributed by atoms with Crippen molar-refractivity contribution < 1.29 is 9.90 Å². The summed E-state index contributed by atoms with van der Waals surface area (Å²) in [6.07, 6.45) is 2.08. The Morgan fingerprint density at radius 1 is 1.67 bits per heavy atom. The Morgan fingerprint density at radius 2 is 2.40 bits per heavy atom. The molecule has 1 heterocycles. The van der Waals surface area contributed by atoms with Crippen molar-refractivity contribution in [2.24, 2.45) is 5.73 Å². The molecule has 0 radical (unpaired) electrons. The smallest absolute Gasteiger partial charge is 0.250 e. The van der Waals surface area contributed by atoms with Crippen molar-refractivity contribution in [3.05, 3.63) is 23.9 Å². The highest BCUT2D eigenvalue weighted by Crippen LogP contribution is 2.07. The second-order valence-electron chi connectivity index (χ2n) is 3.35. The molecule has 5 nitrogen and oxygen atoms in total. The Balaban J connectivity index is 2.60. The lowest BCUT2D eigenvalue weighted by Crippen LogP contribution is -2.18. The van der Waals surface area contributed by atoms with Crippen LogP contribution in [-0.2, 0) is 0 Å². The quantitative estimate of drug-likeness (QED) is 0.653. The fourth-order valence-corrected chi connectivity index (χ4v) is 1.14. The number of aliphatic hydroxyl groups is 1. The van der Waals surface area contributed by atoms with Crippen LogP contribution in [0.5, 0.6) is 0 Å². The van der Waals surface area contributed by atoms with E-state index in [1.807, 2.05) is 6.92 Å². The number of anilines is 1. The second-order valence-corrected chi connectivity index (χ2v) is 3.35. The minimum Gasteiger partial charge on any atom is -0.396 e. The summed E-state index contributed by atoms with van der Waals surface area (Å²) < 4.78 is 0. The molecule has 0 aromatic carbocycles. The first-order valence-corrected chi connectivity index (χ1v) is 4.76. The standard InChI is InChI=1S/C10H15N3O2/c1-7(4-5-14)13-9-3-2-8(6-12-9)10(11)15/h2-3,6-7,14H,4-5H2,1H3,(H2,11,15)(H,12,13). The van der Waals surface area contributed by atoms with Crippen molar-refractivity contribution in [2.45, 2.75) is 19.4 Å². The van der Waals surface area contributed by atoms with E-state index in [-0.39, 0.29) is 12.6 Å². The maximum absolute atomic E-state index is 10.8. The molecule has 1 rings (SSSR count). The number of hydrogen-bond acceptors (Lipinski definition) is 4. The van der Waals surface area contributed by atoms with Gasteiger partial charge in [-0.2, -0.15) is 0 Å². The Hall–Kier alpha value is -1.62. The van der Waals surface area contributed by atoms with Crippen LogP contribution < -0.4 is 11.1 Å². The molecule has 0 bridgehead atoms. The predicted molar refractivity (Wildman–Crippen MR) is 57.5 cm³/mol. The van der Waals surface area contributed by atoms with Crippen LogP contribution in [0.15, 0.2) is 18.3 Å². The molecule has 0 aliphatic carbocycles. The van der Waals surface area contributed by atoms with Crippen molar-refractivity contribution in [3.63, 3.8) is 0 Å². The van der Waals surface area contributed by atoms with E-state index in [9.17, 15) is 4.79 Å². The number of nitrogens with one attached hydrogen (secondary N) is 1. The summed E-state index contributed by atoms with van der Waals surface area (Å²) in [7, 11) is 0. The van der Waals surface area contributed by atoms with Crippen LogP contribution in [-0.4, -0.2) is 28.6 Å². The number of pyridine rings is 1. The third-order valence-electron chi connectivity index (χ3n) is 2.00. The lowest BCUT2D eigenvalue weighted by Gasteiger charge is -2.12. The molecule has 0 aliphatic heterocycles. The minimum atomic E-state index is -0.488. The van der Waals surface area contributed by atoms with Gasteiger partial charge in [-0.15, -0.1) is 0 Å². The van der Waals surface area contributed by atoms with E-state index in [1.165, 1.54) is 6.20 Å². The summed E-state index contributed by atoms with van der Waals surface area (Å²) in [5.74, 6) is 0.179. The van der Waals surface area contributed by atoms with E-state index in [4.69, 9.17) is 10.8 Å². The van der Waals surface area contributed by atoms with Crippen LogP contribution in [0.1, 0.15) is 23.7 Å². The summed E-state index contributed by atoms with van der Waals surface area (Å²) in [6, 6.07) is 3.44. The Labute approximate surface area is 88.3 Å². The number of hydrogen-bond donors (Lipinski definition) is 3. The molecule has 1 aromatic rings. The van der Waals surface area contributed by atoms with Crippen LogP contribution >= 0.6 is 0 Å². The van der Waals surface area contributed by atoms with E-state index in [0.717, 1.165) is 0 Å². The van der Waals surface area contributed by atoms with Gasteiger partial charge < -0.3 is 16.2 Å². The number of primary amides is 1. The van der Waals surface area contributed by atoms with E-state index in [0.29, 0.717) is 17.8 Å². The third-order valence-corrected chi connectivity index (χ3v) is 2.00. The van der Waals surface area contributed by atoms with Gasteiger partial charge in [0, 0.05) is 18.8 Å². The zero-order valence-corrected chi connectivity index (χ0v) is 8.60. The number of nitrogens with zero attached hydrogens (tertiary/aromatic N) is 1. The minimum absolute atomic E-state index is 0.132. The molecular formula is C10H15N3O2. The number of amides is 1. The van der Waals surface area contributed by atoms with Crippen molar-refractivity contribution in [2.75, 3.05) is 11.9 Å². The van der Waals surface area contributed by atoms with Crippen molar-refractivity contribution in [1.29, 1.82) is 0 Å². The summed E-state index contributed by atoms with van der Waals surface area (Å²) >= 11 is 0. The predicted octanol–water partition coefficient (Wildman–Crippen LogP) is 0.363. The zero-order chi connectivity index (χ0) is 11.3. The molecule has 0 saturated heterocycles. The molecule has 82 valence electrons. The van der Waals surface area contributed by atoms with Gasteiger partial charge in [0.1, 0.15) is 5.82 Å². The molecule has 0 fully saturated rings. The molecule has 1 unspecified atom stereocenters. The lowest BCUT2D eigenvalue weighted by atomic mass is 10.2. The van der Waals surface area contributed by atoms with Gasteiger partial charge in [-0.3, -0.25) is 4.79 Å². The average molecular weight is 209 g/mol. The van der Waals surface area contributed by atoms with Crippen LogP contribution in [0.4, 0.5) is 5.82 Å². The van der Waals surface area contributed by atoms with Crippen LogP contribution in [0.25, 0.3) is 0 Å². The summed E-state index contributed by atoms with van der Waals surface area (Å²) in [5, 5.41) is 11.8. The lowest BCUT2D eigenvalue weighted by molar-refractivity contribution is 0.1000. The van der Waals surface area contributed by atoms with E-state index in [1.54, 1.807) is 12.1 Å². The van der Waals surface area contributed by atoms with Crippen molar-refractivity contribution in [3.8, 4) is 0 Å². The van der Waals surface area contributed by atoms with Gasteiger partial charge in [0.2, 0.25) is 5.91 Å².